The third-order valence-corrected chi connectivity index (χ3v) is 4.78. The summed E-state index contributed by atoms with van der Waals surface area (Å²) in [5.74, 6) is 1.03. The Bertz CT molecular complexity index is 543. The summed E-state index contributed by atoms with van der Waals surface area (Å²) in [6.07, 6.45) is 14.4. The van der Waals surface area contributed by atoms with E-state index in [1.807, 2.05) is 0 Å². The van der Waals surface area contributed by atoms with E-state index < -0.39 is 0 Å². The van der Waals surface area contributed by atoms with Crippen LogP contribution in [0.2, 0.25) is 0 Å². The summed E-state index contributed by atoms with van der Waals surface area (Å²) in [6.45, 7) is 13.5. The third kappa shape index (κ3) is 10.6. The molecule has 27 heavy (non-hydrogen) atoms. The summed E-state index contributed by atoms with van der Waals surface area (Å²) >= 11 is 0. The standard InChI is InChI=1S/C25H42O2/c1-7-9-10-11-12-13-15-23-20-22(14-8-2)16-17-24(23)27-25(5,6)18-19-26-21(3)4/h8,14,16-17,20-21H,7,9-13,15,18-19H2,1-6H3/b14-8+. The molecule has 0 fully saturated rings. The normalized spacial score (nSPS) is 12.3. The Morgan fingerprint density at radius 2 is 1.74 bits per heavy atom. The molecular weight excluding hydrogens is 332 g/mol. The lowest BCUT2D eigenvalue weighted by Gasteiger charge is -2.28. The van der Waals surface area contributed by atoms with Gasteiger partial charge in [0.05, 0.1) is 12.7 Å². The Morgan fingerprint density at radius 1 is 1.04 bits per heavy atom. The van der Waals surface area contributed by atoms with Crippen molar-refractivity contribution >= 4 is 6.08 Å². The molecular formula is C25H42O2. The highest BCUT2D eigenvalue weighted by molar-refractivity contribution is 5.53. The molecule has 1 rings (SSSR count). The molecule has 0 spiro atoms. The fourth-order valence-electron chi connectivity index (χ4n) is 3.18. The van der Waals surface area contributed by atoms with Crippen LogP contribution >= 0.6 is 0 Å². The molecule has 1 aromatic carbocycles. The number of unbranched alkanes of at least 4 members (excludes halogenated alkanes) is 5. The van der Waals surface area contributed by atoms with Crippen molar-refractivity contribution in [3.8, 4) is 5.75 Å². The summed E-state index contributed by atoms with van der Waals surface area (Å²) in [5, 5.41) is 0. The predicted molar refractivity (Wildman–Crippen MR) is 119 cm³/mol. The summed E-state index contributed by atoms with van der Waals surface area (Å²) in [5.41, 5.74) is 2.36. The van der Waals surface area contributed by atoms with Crippen LogP contribution in [0.1, 0.15) is 97.6 Å². The Morgan fingerprint density at radius 3 is 2.41 bits per heavy atom. The van der Waals surface area contributed by atoms with Gasteiger partial charge in [0.2, 0.25) is 0 Å². The highest BCUT2D eigenvalue weighted by Crippen LogP contribution is 2.28. The zero-order valence-corrected chi connectivity index (χ0v) is 18.6. The fraction of sp³-hybridized carbons (Fsp3) is 0.680. The van der Waals surface area contributed by atoms with Crippen molar-refractivity contribution in [2.45, 2.75) is 105 Å². The molecule has 0 aliphatic heterocycles. The van der Waals surface area contributed by atoms with Gasteiger partial charge in [0.15, 0.2) is 0 Å². The van der Waals surface area contributed by atoms with Gasteiger partial charge in [0.25, 0.3) is 0 Å². The SMILES string of the molecule is C/C=C/c1ccc(OC(C)(C)CCOC(C)C)c(CCCCCCCC)c1. The highest BCUT2D eigenvalue weighted by atomic mass is 16.5. The van der Waals surface area contributed by atoms with Gasteiger partial charge in [-0.25, -0.2) is 0 Å². The first-order valence-electron chi connectivity index (χ1n) is 10.9. The summed E-state index contributed by atoms with van der Waals surface area (Å²) < 4.78 is 12.2. The zero-order valence-electron chi connectivity index (χ0n) is 18.6. The maximum absolute atomic E-state index is 6.44. The summed E-state index contributed by atoms with van der Waals surface area (Å²) in [4.78, 5) is 0. The molecule has 0 aromatic heterocycles. The van der Waals surface area contributed by atoms with E-state index in [4.69, 9.17) is 9.47 Å². The number of ether oxygens (including phenoxy) is 2. The fourth-order valence-corrected chi connectivity index (χ4v) is 3.18. The van der Waals surface area contributed by atoms with Crippen LogP contribution in [0, 0.1) is 0 Å². The van der Waals surface area contributed by atoms with Crippen LogP contribution in [-0.4, -0.2) is 18.3 Å². The Hall–Kier alpha value is -1.28. The Labute approximate surface area is 168 Å². The molecule has 0 N–H and O–H groups in total. The predicted octanol–water partition coefficient (Wildman–Crippen LogP) is 7.60. The van der Waals surface area contributed by atoms with E-state index in [0.717, 1.165) is 25.2 Å². The van der Waals surface area contributed by atoms with Gasteiger partial charge >= 0.3 is 0 Å². The second-order valence-electron chi connectivity index (χ2n) is 8.42. The molecule has 0 unspecified atom stereocenters. The quantitative estimate of drug-likeness (QED) is 0.312. The molecule has 0 bridgehead atoms. The van der Waals surface area contributed by atoms with E-state index in [2.05, 4.69) is 71.9 Å². The largest absolute Gasteiger partial charge is 0.487 e. The smallest absolute Gasteiger partial charge is 0.123 e. The number of rotatable bonds is 14. The van der Waals surface area contributed by atoms with Gasteiger partial charge in [-0.2, -0.15) is 0 Å². The molecule has 1 aromatic rings. The van der Waals surface area contributed by atoms with Crippen LogP contribution in [0.25, 0.3) is 6.08 Å². The van der Waals surface area contributed by atoms with E-state index in [1.165, 1.54) is 49.7 Å². The van der Waals surface area contributed by atoms with E-state index >= 15 is 0 Å². The molecule has 0 aliphatic rings. The van der Waals surface area contributed by atoms with Crippen molar-refractivity contribution in [1.82, 2.24) is 0 Å². The first kappa shape index (κ1) is 23.8. The Kier molecular flexibility index (Phi) is 11.4. The minimum absolute atomic E-state index is 0.229. The third-order valence-electron chi connectivity index (χ3n) is 4.78. The minimum Gasteiger partial charge on any atom is -0.487 e. The lowest BCUT2D eigenvalue weighted by atomic mass is 10.0. The van der Waals surface area contributed by atoms with E-state index in [9.17, 15) is 0 Å². The molecule has 0 saturated heterocycles. The molecule has 2 nitrogen and oxygen atoms in total. The number of benzene rings is 1. The van der Waals surface area contributed by atoms with Gasteiger partial charge < -0.3 is 9.47 Å². The monoisotopic (exact) mass is 374 g/mol. The maximum Gasteiger partial charge on any atom is 0.123 e. The van der Waals surface area contributed by atoms with Crippen LogP contribution in [0.5, 0.6) is 5.75 Å². The first-order chi connectivity index (χ1) is 12.9. The molecule has 0 aliphatic carbocycles. The van der Waals surface area contributed by atoms with Crippen LogP contribution in [0.4, 0.5) is 0 Å². The number of aryl methyl sites for hydroxylation is 1. The average molecular weight is 375 g/mol. The average Bonchev–Trinajstić information content (AvgIpc) is 2.59. The maximum atomic E-state index is 6.44. The van der Waals surface area contributed by atoms with Gasteiger partial charge in [0, 0.05) is 6.42 Å². The molecule has 0 amide bonds. The van der Waals surface area contributed by atoms with Gasteiger partial charge in [-0.3, -0.25) is 0 Å². The molecule has 0 atom stereocenters. The van der Waals surface area contributed by atoms with Crippen LogP contribution < -0.4 is 4.74 Å². The topological polar surface area (TPSA) is 18.5 Å². The summed E-state index contributed by atoms with van der Waals surface area (Å²) in [6, 6.07) is 6.59. The lowest BCUT2D eigenvalue weighted by Crippen LogP contribution is -2.30. The lowest BCUT2D eigenvalue weighted by molar-refractivity contribution is 0.0227. The van der Waals surface area contributed by atoms with Crippen molar-refractivity contribution in [3.63, 3.8) is 0 Å². The molecule has 154 valence electrons. The van der Waals surface area contributed by atoms with Gasteiger partial charge in [-0.05, 0) is 70.7 Å². The number of allylic oxidation sites excluding steroid dienone is 1. The van der Waals surface area contributed by atoms with Crippen molar-refractivity contribution in [2.75, 3.05) is 6.61 Å². The Balaban J connectivity index is 2.72. The zero-order chi connectivity index (χ0) is 20.1. The van der Waals surface area contributed by atoms with Crippen molar-refractivity contribution in [2.24, 2.45) is 0 Å². The van der Waals surface area contributed by atoms with Crippen molar-refractivity contribution in [1.29, 1.82) is 0 Å². The molecule has 0 heterocycles. The van der Waals surface area contributed by atoms with Crippen LogP contribution in [-0.2, 0) is 11.2 Å². The molecule has 0 saturated carbocycles. The number of hydrogen-bond donors (Lipinski definition) is 0. The van der Waals surface area contributed by atoms with Gasteiger partial charge in [0.1, 0.15) is 11.4 Å². The number of hydrogen-bond acceptors (Lipinski definition) is 2. The second kappa shape index (κ2) is 13.0. The van der Waals surface area contributed by atoms with Crippen molar-refractivity contribution < 1.29 is 9.47 Å². The highest BCUT2D eigenvalue weighted by Gasteiger charge is 2.21. The van der Waals surface area contributed by atoms with Crippen LogP contribution in [0.15, 0.2) is 24.3 Å². The molecule has 0 radical (unpaired) electrons. The minimum atomic E-state index is -0.229. The van der Waals surface area contributed by atoms with Gasteiger partial charge in [-0.15, -0.1) is 0 Å². The van der Waals surface area contributed by atoms with Crippen LogP contribution in [0.3, 0.4) is 0 Å². The van der Waals surface area contributed by atoms with E-state index in [1.54, 1.807) is 0 Å². The van der Waals surface area contributed by atoms with E-state index in [-0.39, 0.29) is 11.7 Å². The van der Waals surface area contributed by atoms with E-state index in [0.29, 0.717) is 0 Å². The summed E-state index contributed by atoms with van der Waals surface area (Å²) in [7, 11) is 0. The van der Waals surface area contributed by atoms with Gasteiger partial charge in [-0.1, -0.05) is 57.2 Å². The second-order valence-corrected chi connectivity index (χ2v) is 8.42. The molecule has 2 heteroatoms. The van der Waals surface area contributed by atoms with Crippen molar-refractivity contribution in [3.05, 3.63) is 35.4 Å². The first-order valence-corrected chi connectivity index (χ1v) is 10.9.